The highest BCUT2D eigenvalue weighted by molar-refractivity contribution is 6.44. The van der Waals surface area contributed by atoms with Crippen molar-refractivity contribution in [3.05, 3.63) is 75.8 Å². The molecule has 0 atom stereocenters. The number of anilines is 1. The van der Waals surface area contributed by atoms with Crippen LogP contribution in [-0.2, 0) is 4.79 Å². The zero-order valence-electron chi connectivity index (χ0n) is 13.3. The molecule has 6 heteroatoms. The maximum Gasteiger partial charge on any atom is 0.266 e. The largest absolute Gasteiger partial charge is 0.507 e. The predicted octanol–water partition coefficient (Wildman–Crippen LogP) is 5.40. The van der Waals surface area contributed by atoms with Crippen molar-refractivity contribution >= 4 is 51.6 Å². The van der Waals surface area contributed by atoms with Crippen LogP contribution >= 0.6 is 23.2 Å². The Morgan fingerprint density at radius 1 is 1.08 bits per heavy atom. The normalized spacial score (nSPS) is 11.2. The number of phenolic OH excluding ortho intramolecular Hbond substituents is 1. The van der Waals surface area contributed by atoms with Crippen LogP contribution in [0.2, 0.25) is 10.0 Å². The minimum Gasteiger partial charge on any atom is -0.507 e. The molecule has 0 aliphatic carbocycles. The van der Waals surface area contributed by atoms with Gasteiger partial charge in [0.15, 0.2) is 0 Å². The topological polar surface area (TPSA) is 73.1 Å². The number of hydrogen-bond donors (Lipinski definition) is 2. The van der Waals surface area contributed by atoms with E-state index >= 15 is 0 Å². The molecule has 0 aliphatic heterocycles. The van der Waals surface area contributed by atoms with Crippen LogP contribution in [0.5, 0.6) is 5.75 Å². The number of phenols is 1. The number of nitriles is 1. The maximum atomic E-state index is 12.5. The number of aromatic hydroxyl groups is 1. The lowest BCUT2D eigenvalue weighted by molar-refractivity contribution is -0.112. The number of nitrogens with zero attached hydrogens (tertiary/aromatic N) is 1. The minimum absolute atomic E-state index is 0.0231. The first-order chi connectivity index (χ1) is 12.5. The molecule has 0 unspecified atom stereocenters. The van der Waals surface area contributed by atoms with Crippen molar-refractivity contribution in [3.8, 4) is 11.8 Å². The van der Waals surface area contributed by atoms with Crippen molar-refractivity contribution in [2.75, 3.05) is 5.32 Å². The van der Waals surface area contributed by atoms with Gasteiger partial charge in [-0.15, -0.1) is 0 Å². The maximum absolute atomic E-state index is 12.5. The Labute approximate surface area is 159 Å². The molecule has 2 N–H and O–H groups in total. The van der Waals surface area contributed by atoms with Crippen molar-refractivity contribution in [3.63, 3.8) is 0 Å². The van der Waals surface area contributed by atoms with Crippen LogP contribution in [-0.4, -0.2) is 11.0 Å². The molecule has 0 aliphatic rings. The summed E-state index contributed by atoms with van der Waals surface area (Å²) in [5, 5.41) is 24.2. The summed E-state index contributed by atoms with van der Waals surface area (Å²) >= 11 is 12.0. The zero-order valence-corrected chi connectivity index (χ0v) is 14.8. The van der Waals surface area contributed by atoms with Crippen LogP contribution in [0, 0.1) is 11.3 Å². The standard InChI is InChI=1S/C20H12Cl2N2O2/c21-16-6-3-7-17(19(16)22)24-20(26)13(11-23)10-15-14-5-2-1-4-12(14)8-9-18(15)25/h1-10,25H,(H,24,26)/b13-10+. The van der Waals surface area contributed by atoms with E-state index in [0.29, 0.717) is 16.3 Å². The molecule has 0 saturated carbocycles. The third-order valence-electron chi connectivity index (χ3n) is 3.80. The highest BCUT2D eigenvalue weighted by Gasteiger charge is 2.14. The van der Waals surface area contributed by atoms with Crippen LogP contribution < -0.4 is 5.32 Å². The molecule has 128 valence electrons. The average molecular weight is 383 g/mol. The second kappa shape index (κ2) is 7.49. The van der Waals surface area contributed by atoms with E-state index in [2.05, 4.69) is 5.32 Å². The van der Waals surface area contributed by atoms with E-state index in [4.69, 9.17) is 23.2 Å². The van der Waals surface area contributed by atoms with E-state index in [9.17, 15) is 15.2 Å². The molecule has 4 nitrogen and oxygen atoms in total. The second-order valence-electron chi connectivity index (χ2n) is 5.44. The lowest BCUT2D eigenvalue weighted by Gasteiger charge is -2.09. The van der Waals surface area contributed by atoms with Gasteiger partial charge in [0.25, 0.3) is 5.91 Å². The Hall–Kier alpha value is -3.00. The fraction of sp³-hybridized carbons (Fsp3) is 0. The summed E-state index contributed by atoms with van der Waals surface area (Å²) in [7, 11) is 0. The SMILES string of the molecule is N#C/C(=C\c1c(O)ccc2ccccc12)C(=O)Nc1cccc(Cl)c1Cl. The van der Waals surface area contributed by atoms with Gasteiger partial charge in [-0.25, -0.2) is 0 Å². The molecule has 0 aromatic heterocycles. The van der Waals surface area contributed by atoms with Crippen molar-refractivity contribution < 1.29 is 9.90 Å². The molecule has 0 spiro atoms. The Balaban J connectivity index is 2.02. The summed E-state index contributed by atoms with van der Waals surface area (Å²) in [6, 6.07) is 17.3. The van der Waals surface area contributed by atoms with E-state index in [1.807, 2.05) is 30.3 Å². The van der Waals surface area contributed by atoms with Gasteiger partial charge in [0.05, 0.1) is 15.7 Å². The third-order valence-corrected chi connectivity index (χ3v) is 4.62. The van der Waals surface area contributed by atoms with Gasteiger partial charge >= 0.3 is 0 Å². The molecule has 0 fully saturated rings. The molecule has 0 heterocycles. The summed E-state index contributed by atoms with van der Waals surface area (Å²) < 4.78 is 0. The number of benzene rings is 3. The number of carbonyl (C=O) groups is 1. The number of nitrogens with one attached hydrogen (secondary N) is 1. The number of hydrogen-bond acceptors (Lipinski definition) is 3. The number of halogens is 2. The van der Waals surface area contributed by atoms with Crippen molar-refractivity contribution in [1.82, 2.24) is 0 Å². The lowest BCUT2D eigenvalue weighted by Crippen LogP contribution is -2.13. The lowest BCUT2D eigenvalue weighted by atomic mass is 10.0. The van der Waals surface area contributed by atoms with E-state index in [1.54, 1.807) is 24.3 Å². The van der Waals surface area contributed by atoms with Crippen LogP contribution in [0.15, 0.2) is 60.2 Å². The van der Waals surface area contributed by atoms with Gasteiger partial charge in [-0.05, 0) is 35.0 Å². The van der Waals surface area contributed by atoms with Crippen molar-refractivity contribution in [1.29, 1.82) is 5.26 Å². The Bertz CT molecular complexity index is 1080. The molecule has 0 bridgehead atoms. The summed E-state index contributed by atoms with van der Waals surface area (Å²) in [5.41, 5.74) is 0.521. The molecule has 0 radical (unpaired) electrons. The number of fused-ring (bicyclic) bond motifs is 1. The van der Waals surface area contributed by atoms with Gasteiger partial charge in [-0.3, -0.25) is 4.79 Å². The van der Waals surface area contributed by atoms with Gasteiger partial charge in [0, 0.05) is 5.56 Å². The first kappa shape index (κ1) is 17.8. The Morgan fingerprint density at radius 2 is 1.85 bits per heavy atom. The Morgan fingerprint density at radius 3 is 2.62 bits per heavy atom. The van der Waals surface area contributed by atoms with Crippen molar-refractivity contribution in [2.45, 2.75) is 0 Å². The monoisotopic (exact) mass is 382 g/mol. The molecule has 1 amide bonds. The van der Waals surface area contributed by atoms with Crippen LogP contribution in [0.3, 0.4) is 0 Å². The quantitative estimate of drug-likeness (QED) is 0.470. The van der Waals surface area contributed by atoms with Crippen LogP contribution in [0.4, 0.5) is 5.69 Å². The summed E-state index contributed by atoms with van der Waals surface area (Å²) in [6.07, 6.45) is 1.35. The highest BCUT2D eigenvalue weighted by atomic mass is 35.5. The third kappa shape index (κ3) is 3.50. The molecule has 3 aromatic rings. The first-order valence-electron chi connectivity index (χ1n) is 7.59. The zero-order chi connectivity index (χ0) is 18.7. The van der Waals surface area contributed by atoms with Gasteiger partial charge in [0.1, 0.15) is 17.4 Å². The fourth-order valence-electron chi connectivity index (χ4n) is 2.52. The predicted molar refractivity (Wildman–Crippen MR) is 104 cm³/mol. The van der Waals surface area contributed by atoms with Gasteiger partial charge in [-0.1, -0.05) is 59.6 Å². The number of rotatable bonds is 3. The smallest absolute Gasteiger partial charge is 0.266 e. The molecular formula is C20H12Cl2N2O2. The molecule has 0 saturated heterocycles. The van der Waals surface area contributed by atoms with Crippen molar-refractivity contribution in [2.24, 2.45) is 0 Å². The molecule has 26 heavy (non-hydrogen) atoms. The first-order valence-corrected chi connectivity index (χ1v) is 8.34. The van der Waals surface area contributed by atoms with E-state index in [0.717, 1.165) is 10.8 Å². The Kier molecular flexibility index (Phi) is 5.13. The average Bonchev–Trinajstić information content (AvgIpc) is 2.64. The minimum atomic E-state index is -0.649. The van der Waals surface area contributed by atoms with Crippen LogP contribution in [0.25, 0.3) is 16.8 Å². The molecule has 3 aromatic carbocycles. The van der Waals surface area contributed by atoms with Gasteiger partial charge in [-0.2, -0.15) is 5.26 Å². The summed E-state index contributed by atoms with van der Waals surface area (Å²) in [6.45, 7) is 0. The second-order valence-corrected chi connectivity index (χ2v) is 6.23. The fourth-order valence-corrected chi connectivity index (χ4v) is 2.87. The summed E-state index contributed by atoms with van der Waals surface area (Å²) in [5.74, 6) is -0.672. The molecule has 3 rings (SSSR count). The van der Waals surface area contributed by atoms with E-state index in [1.165, 1.54) is 12.1 Å². The number of carbonyl (C=O) groups excluding carboxylic acids is 1. The van der Waals surface area contributed by atoms with Crippen LogP contribution in [0.1, 0.15) is 5.56 Å². The summed E-state index contributed by atoms with van der Waals surface area (Å²) in [4.78, 5) is 12.5. The highest BCUT2D eigenvalue weighted by Crippen LogP contribution is 2.31. The number of amides is 1. The van der Waals surface area contributed by atoms with Gasteiger partial charge in [0.2, 0.25) is 0 Å². The van der Waals surface area contributed by atoms with Gasteiger partial charge < -0.3 is 10.4 Å². The van der Waals surface area contributed by atoms with E-state index < -0.39 is 5.91 Å². The molecular weight excluding hydrogens is 371 g/mol. The van der Waals surface area contributed by atoms with E-state index in [-0.39, 0.29) is 16.3 Å².